The van der Waals surface area contributed by atoms with Crippen molar-refractivity contribution in [1.82, 2.24) is 4.90 Å². The van der Waals surface area contributed by atoms with E-state index in [1.807, 2.05) is 0 Å². The van der Waals surface area contributed by atoms with E-state index >= 15 is 0 Å². The van der Waals surface area contributed by atoms with Crippen LogP contribution in [0.5, 0.6) is 0 Å². The maximum Gasteiger partial charge on any atom is 0.321 e. The third kappa shape index (κ3) is 5.67. The van der Waals surface area contributed by atoms with E-state index in [4.69, 9.17) is 0 Å². The molecule has 0 radical (unpaired) electrons. The smallest absolute Gasteiger partial charge is 0.321 e. The van der Waals surface area contributed by atoms with E-state index in [1.54, 1.807) is 7.05 Å². The van der Waals surface area contributed by atoms with Crippen LogP contribution >= 0.6 is 0 Å². The second kappa shape index (κ2) is 8.96. The lowest BCUT2D eigenvalue weighted by Crippen LogP contribution is -2.32. The van der Waals surface area contributed by atoms with Crippen LogP contribution in [0, 0.1) is 15.9 Å². The first-order valence-electron chi connectivity index (χ1n) is 7.41. The van der Waals surface area contributed by atoms with Gasteiger partial charge in [0.25, 0.3) is 5.69 Å². The standard InChI is InChI=1S/C15H22FN3O3/c1-3-4-5-6-7-10-18(2)15(20)17-13-9-8-12(16)11-14(13)19(21)22/h8-9,11H,3-7,10H2,1-2H3,(H,17,20). The number of nitrogens with one attached hydrogen (secondary N) is 1. The Balaban J connectivity index is 2.55. The van der Waals surface area contributed by atoms with Crippen LogP contribution in [0.25, 0.3) is 0 Å². The van der Waals surface area contributed by atoms with Gasteiger partial charge in [0.2, 0.25) is 0 Å². The molecule has 0 aliphatic carbocycles. The summed E-state index contributed by atoms with van der Waals surface area (Å²) >= 11 is 0. The molecule has 22 heavy (non-hydrogen) atoms. The van der Waals surface area contributed by atoms with E-state index in [2.05, 4.69) is 12.2 Å². The fraction of sp³-hybridized carbons (Fsp3) is 0.533. The van der Waals surface area contributed by atoms with Crippen molar-refractivity contribution in [1.29, 1.82) is 0 Å². The topological polar surface area (TPSA) is 75.5 Å². The molecule has 0 aromatic heterocycles. The highest BCUT2D eigenvalue weighted by Crippen LogP contribution is 2.25. The maximum atomic E-state index is 13.0. The molecule has 0 unspecified atom stereocenters. The molecule has 122 valence electrons. The van der Waals surface area contributed by atoms with Crippen LogP contribution in [0.4, 0.5) is 20.6 Å². The van der Waals surface area contributed by atoms with Gasteiger partial charge in [-0.05, 0) is 18.6 Å². The third-order valence-corrected chi connectivity index (χ3v) is 3.34. The van der Waals surface area contributed by atoms with Gasteiger partial charge in [-0.1, -0.05) is 32.6 Å². The van der Waals surface area contributed by atoms with Crippen molar-refractivity contribution in [3.8, 4) is 0 Å². The van der Waals surface area contributed by atoms with E-state index in [9.17, 15) is 19.3 Å². The van der Waals surface area contributed by atoms with Gasteiger partial charge in [-0.15, -0.1) is 0 Å². The molecule has 0 aliphatic heterocycles. The van der Waals surface area contributed by atoms with E-state index in [-0.39, 0.29) is 5.69 Å². The number of nitro benzene ring substituents is 1. The molecule has 0 heterocycles. The molecular formula is C15H22FN3O3. The molecule has 0 saturated heterocycles. The second-order valence-electron chi connectivity index (χ2n) is 5.18. The molecule has 1 aromatic carbocycles. The summed E-state index contributed by atoms with van der Waals surface area (Å²) < 4.78 is 13.0. The molecular weight excluding hydrogens is 289 g/mol. The highest BCUT2D eigenvalue weighted by Gasteiger charge is 2.18. The quantitative estimate of drug-likeness (QED) is 0.445. The third-order valence-electron chi connectivity index (χ3n) is 3.34. The van der Waals surface area contributed by atoms with E-state index in [0.717, 1.165) is 37.8 Å². The molecule has 7 heteroatoms. The lowest BCUT2D eigenvalue weighted by Gasteiger charge is -2.17. The average Bonchev–Trinajstić information content (AvgIpc) is 2.48. The predicted octanol–water partition coefficient (Wildman–Crippen LogP) is 4.17. The summed E-state index contributed by atoms with van der Waals surface area (Å²) in [6.45, 7) is 2.71. The minimum absolute atomic E-state index is 0.00534. The number of nitrogens with zero attached hydrogens (tertiary/aromatic N) is 2. The Morgan fingerprint density at radius 3 is 2.64 bits per heavy atom. The number of benzene rings is 1. The number of carbonyl (C=O) groups excluding carboxylic acids is 1. The van der Waals surface area contributed by atoms with E-state index in [0.29, 0.717) is 6.54 Å². The molecule has 1 rings (SSSR count). The number of nitro groups is 1. The van der Waals surface area contributed by atoms with Gasteiger partial charge >= 0.3 is 6.03 Å². The van der Waals surface area contributed by atoms with Crippen LogP contribution in [0.15, 0.2) is 18.2 Å². The van der Waals surface area contributed by atoms with Crippen molar-refractivity contribution in [2.45, 2.75) is 39.0 Å². The Morgan fingerprint density at radius 1 is 1.32 bits per heavy atom. The first kappa shape index (κ1) is 17.9. The van der Waals surface area contributed by atoms with Crippen molar-refractivity contribution >= 4 is 17.4 Å². The van der Waals surface area contributed by atoms with Crippen molar-refractivity contribution in [2.24, 2.45) is 0 Å². The average molecular weight is 311 g/mol. The molecule has 0 bridgehead atoms. The summed E-state index contributed by atoms with van der Waals surface area (Å²) in [5, 5.41) is 13.3. The Hall–Kier alpha value is -2.18. The Labute approximate surface area is 129 Å². The Kier molecular flexibility index (Phi) is 7.28. The maximum absolute atomic E-state index is 13.0. The fourth-order valence-corrected chi connectivity index (χ4v) is 2.03. The number of amides is 2. The highest BCUT2D eigenvalue weighted by molar-refractivity contribution is 5.91. The van der Waals surface area contributed by atoms with E-state index in [1.165, 1.54) is 17.4 Å². The molecule has 1 N–H and O–H groups in total. The van der Waals surface area contributed by atoms with Crippen LogP contribution < -0.4 is 5.32 Å². The Bertz CT molecular complexity index is 523. The first-order valence-corrected chi connectivity index (χ1v) is 7.41. The van der Waals surface area contributed by atoms with Gasteiger partial charge in [0, 0.05) is 13.6 Å². The van der Waals surface area contributed by atoms with Gasteiger partial charge in [-0.25, -0.2) is 9.18 Å². The summed E-state index contributed by atoms with van der Waals surface area (Å²) in [6, 6.07) is 2.62. The van der Waals surface area contributed by atoms with Gasteiger partial charge in [0.15, 0.2) is 0 Å². The molecule has 2 amide bonds. The number of anilines is 1. The van der Waals surface area contributed by atoms with Gasteiger partial charge < -0.3 is 10.2 Å². The molecule has 0 spiro atoms. The largest absolute Gasteiger partial charge is 0.328 e. The minimum Gasteiger partial charge on any atom is -0.328 e. The summed E-state index contributed by atoms with van der Waals surface area (Å²) in [4.78, 5) is 23.6. The molecule has 0 atom stereocenters. The number of hydrogen-bond donors (Lipinski definition) is 1. The number of unbranched alkanes of at least 4 members (excludes halogenated alkanes) is 4. The molecule has 6 nitrogen and oxygen atoms in total. The van der Waals surface area contributed by atoms with Gasteiger partial charge in [0.05, 0.1) is 11.0 Å². The highest BCUT2D eigenvalue weighted by atomic mass is 19.1. The normalized spacial score (nSPS) is 10.3. The van der Waals surface area contributed by atoms with Crippen molar-refractivity contribution in [3.63, 3.8) is 0 Å². The zero-order valence-corrected chi connectivity index (χ0v) is 13.0. The monoisotopic (exact) mass is 311 g/mol. The van der Waals surface area contributed by atoms with Crippen LogP contribution in [0.1, 0.15) is 39.0 Å². The number of carbonyl (C=O) groups is 1. The molecule has 0 fully saturated rings. The SMILES string of the molecule is CCCCCCCN(C)C(=O)Nc1ccc(F)cc1[N+](=O)[O-]. The first-order chi connectivity index (χ1) is 10.5. The lowest BCUT2D eigenvalue weighted by atomic mass is 10.1. The second-order valence-corrected chi connectivity index (χ2v) is 5.18. The predicted molar refractivity (Wildman–Crippen MR) is 83.5 cm³/mol. The summed E-state index contributed by atoms with van der Waals surface area (Å²) in [5.74, 6) is -0.714. The van der Waals surface area contributed by atoms with Crippen LogP contribution in [-0.4, -0.2) is 29.4 Å². The fourth-order valence-electron chi connectivity index (χ4n) is 2.03. The molecule has 0 saturated carbocycles. The van der Waals surface area contributed by atoms with Crippen LogP contribution in [0.2, 0.25) is 0 Å². The molecule has 1 aromatic rings. The van der Waals surface area contributed by atoms with E-state index < -0.39 is 22.5 Å². The zero-order valence-electron chi connectivity index (χ0n) is 13.0. The van der Waals surface area contributed by atoms with Crippen LogP contribution in [-0.2, 0) is 0 Å². The van der Waals surface area contributed by atoms with Gasteiger partial charge in [-0.3, -0.25) is 10.1 Å². The lowest BCUT2D eigenvalue weighted by molar-refractivity contribution is -0.384. The number of halogens is 1. The van der Waals surface area contributed by atoms with Crippen molar-refractivity contribution < 1.29 is 14.1 Å². The number of urea groups is 1. The van der Waals surface area contributed by atoms with Crippen molar-refractivity contribution in [2.75, 3.05) is 18.9 Å². The number of hydrogen-bond acceptors (Lipinski definition) is 3. The van der Waals surface area contributed by atoms with Gasteiger partial charge in [0.1, 0.15) is 11.5 Å². The molecule has 0 aliphatic rings. The van der Waals surface area contributed by atoms with Crippen molar-refractivity contribution in [3.05, 3.63) is 34.1 Å². The minimum atomic E-state index is -0.719. The summed E-state index contributed by atoms with van der Waals surface area (Å²) in [7, 11) is 1.63. The Morgan fingerprint density at radius 2 is 2.00 bits per heavy atom. The van der Waals surface area contributed by atoms with Crippen LogP contribution in [0.3, 0.4) is 0 Å². The zero-order chi connectivity index (χ0) is 16.5. The number of rotatable bonds is 8. The van der Waals surface area contributed by atoms with Gasteiger partial charge in [-0.2, -0.15) is 0 Å². The summed E-state index contributed by atoms with van der Waals surface area (Å²) in [5.41, 5.74) is -0.459. The summed E-state index contributed by atoms with van der Waals surface area (Å²) in [6.07, 6.45) is 5.40.